The Morgan fingerprint density at radius 2 is 2.00 bits per heavy atom. The van der Waals surface area contributed by atoms with E-state index in [-0.39, 0.29) is 5.56 Å². The SMILES string of the molecule is CCc1c(C)nn(-c2c(C)cccc2C(=O)O)c1C. The lowest BCUT2D eigenvalue weighted by atomic mass is 10.1. The molecule has 0 fully saturated rings. The highest BCUT2D eigenvalue weighted by Crippen LogP contribution is 2.24. The maximum Gasteiger partial charge on any atom is 0.337 e. The molecule has 4 heteroatoms. The Morgan fingerprint density at radius 1 is 1.32 bits per heavy atom. The number of para-hydroxylation sites is 1. The molecule has 2 aromatic rings. The first-order valence-corrected chi connectivity index (χ1v) is 6.35. The summed E-state index contributed by atoms with van der Waals surface area (Å²) in [4.78, 5) is 11.4. The number of aromatic carboxylic acids is 1. The van der Waals surface area contributed by atoms with Gasteiger partial charge in [-0.25, -0.2) is 9.48 Å². The van der Waals surface area contributed by atoms with Crippen LogP contribution in [0.5, 0.6) is 0 Å². The molecule has 0 radical (unpaired) electrons. The van der Waals surface area contributed by atoms with Crippen LogP contribution in [-0.4, -0.2) is 20.9 Å². The zero-order valence-corrected chi connectivity index (χ0v) is 11.7. The van der Waals surface area contributed by atoms with Gasteiger partial charge in [0.25, 0.3) is 0 Å². The first-order chi connectivity index (χ1) is 8.97. The number of hydrogen-bond acceptors (Lipinski definition) is 2. The van der Waals surface area contributed by atoms with Gasteiger partial charge >= 0.3 is 5.97 Å². The van der Waals surface area contributed by atoms with Crippen molar-refractivity contribution in [1.82, 2.24) is 9.78 Å². The number of aryl methyl sites for hydroxylation is 2. The summed E-state index contributed by atoms with van der Waals surface area (Å²) in [5, 5.41) is 13.8. The van der Waals surface area contributed by atoms with E-state index < -0.39 is 5.97 Å². The Hall–Kier alpha value is -2.10. The number of nitrogens with zero attached hydrogens (tertiary/aromatic N) is 2. The van der Waals surface area contributed by atoms with Crippen molar-refractivity contribution in [3.8, 4) is 5.69 Å². The van der Waals surface area contributed by atoms with Crippen LogP contribution in [0.15, 0.2) is 18.2 Å². The largest absolute Gasteiger partial charge is 0.478 e. The molecule has 0 saturated heterocycles. The molecule has 0 unspecified atom stereocenters. The molecule has 0 bridgehead atoms. The van der Waals surface area contributed by atoms with E-state index in [9.17, 15) is 9.90 Å². The third kappa shape index (κ3) is 2.14. The summed E-state index contributed by atoms with van der Waals surface area (Å²) in [6.07, 6.45) is 0.895. The molecule has 0 aliphatic rings. The molecule has 0 spiro atoms. The van der Waals surface area contributed by atoms with Crippen LogP contribution in [0.1, 0.15) is 39.8 Å². The maximum atomic E-state index is 11.4. The molecule has 1 N–H and O–H groups in total. The summed E-state index contributed by atoms with van der Waals surface area (Å²) < 4.78 is 1.76. The second kappa shape index (κ2) is 4.88. The van der Waals surface area contributed by atoms with E-state index in [1.807, 2.05) is 26.8 Å². The van der Waals surface area contributed by atoms with Crippen LogP contribution in [0.3, 0.4) is 0 Å². The van der Waals surface area contributed by atoms with Crippen molar-refractivity contribution < 1.29 is 9.90 Å². The average Bonchev–Trinajstić information content (AvgIpc) is 2.63. The standard InChI is InChI=1S/C15H18N2O2/c1-5-12-10(3)16-17(11(12)4)14-9(2)7-6-8-13(14)15(18)19/h6-8H,5H2,1-4H3,(H,18,19). The second-order valence-electron chi connectivity index (χ2n) is 4.69. The lowest BCUT2D eigenvalue weighted by Crippen LogP contribution is -2.10. The van der Waals surface area contributed by atoms with Gasteiger partial charge in [-0.1, -0.05) is 19.1 Å². The highest BCUT2D eigenvalue weighted by Gasteiger charge is 2.18. The fraction of sp³-hybridized carbons (Fsp3) is 0.333. The van der Waals surface area contributed by atoms with Gasteiger partial charge in [0.2, 0.25) is 0 Å². The summed E-state index contributed by atoms with van der Waals surface area (Å²) in [5.41, 5.74) is 5.01. The van der Waals surface area contributed by atoms with Gasteiger partial charge in [-0.05, 0) is 44.4 Å². The number of rotatable bonds is 3. The van der Waals surface area contributed by atoms with Crippen LogP contribution in [-0.2, 0) is 6.42 Å². The lowest BCUT2D eigenvalue weighted by Gasteiger charge is -2.11. The smallest absolute Gasteiger partial charge is 0.337 e. The van der Waals surface area contributed by atoms with Gasteiger partial charge in [0.1, 0.15) is 0 Å². The van der Waals surface area contributed by atoms with E-state index in [0.29, 0.717) is 5.69 Å². The molecule has 0 aliphatic heterocycles. The number of aromatic nitrogens is 2. The molecule has 0 atom stereocenters. The van der Waals surface area contributed by atoms with E-state index in [0.717, 1.165) is 23.4 Å². The van der Waals surface area contributed by atoms with Gasteiger partial charge in [0.05, 0.1) is 16.9 Å². The fourth-order valence-electron chi connectivity index (χ4n) is 2.52. The summed E-state index contributed by atoms with van der Waals surface area (Å²) in [7, 11) is 0. The minimum Gasteiger partial charge on any atom is -0.478 e. The quantitative estimate of drug-likeness (QED) is 0.920. The van der Waals surface area contributed by atoms with Gasteiger partial charge in [-0.2, -0.15) is 5.10 Å². The van der Waals surface area contributed by atoms with Crippen molar-refractivity contribution in [2.45, 2.75) is 34.1 Å². The van der Waals surface area contributed by atoms with E-state index in [1.165, 1.54) is 5.56 Å². The third-order valence-corrected chi connectivity index (χ3v) is 3.47. The number of carboxylic acids is 1. The number of carboxylic acid groups (broad SMARTS) is 1. The zero-order chi connectivity index (χ0) is 14.2. The van der Waals surface area contributed by atoms with Crippen molar-refractivity contribution >= 4 is 5.97 Å². The Morgan fingerprint density at radius 3 is 2.53 bits per heavy atom. The summed E-state index contributed by atoms with van der Waals surface area (Å²) in [6.45, 7) is 7.93. The molecule has 0 amide bonds. The fourth-order valence-corrected chi connectivity index (χ4v) is 2.52. The predicted octanol–water partition coefficient (Wildman–Crippen LogP) is 3.06. The van der Waals surface area contributed by atoms with Gasteiger partial charge in [-0.15, -0.1) is 0 Å². The van der Waals surface area contributed by atoms with Crippen molar-refractivity contribution in [3.63, 3.8) is 0 Å². The molecule has 19 heavy (non-hydrogen) atoms. The highest BCUT2D eigenvalue weighted by molar-refractivity contribution is 5.92. The molecule has 1 heterocycles. The second-order valence-corrected chi connectivity index (χ2v) is 4.69. The maximum absolute atomic E-state index is 11.4. The topological polar surface area (TPSA) is 55.1 Å². The van der Waals surface area contributed by atoms with Crippen LogP contribution < -0.4 is 0 Å². The van der Waals surface area contributed by atoms with Crippen LogP contribution in [0.25, 0.3) is 5.69 Å². The van der Waals surface area contributed by atoms with Crippen molar-refractivity contribution in [2.24, 2.45) is 0 Å². The minimum absolute atomic E-state index is 0.285. The van der Waals surface area contributed by atoms with E-state index >= 15 is 0 Å². The molecule has 1 aromatic heterocycles. The van der Waals surface area contributed by atoms with Crippen molar-refractivity contribution in [1.29, 1.82) is 0 Å². The van der Waals surface area contributed by atoms with Gasteiger partial charge in [0, 0.05) is 5.69 Å². The van der Waals surface area contributed by atoms with Gasteiger partial charge < -0.3 is 5.11 Å². The summed E-state index contributed by atoms with van der Waals surface area (Å²) in [6, 6.07) is 5.28. The Labute approximate surface area is 112 Å². The van der Waals surface area contributed by atoms with Gasteiger partial charge in [-0.3, -0.25) is 0 Å². The molecule has 2 rings (SSSR count). The first-order valence-electron chi connectivity index (χ1n) is 6.35. The molecule has 100 valence electrons. The first kappa shape index (κ1) is 13.3. The molecular formula is C15H18N2O2. The van der Waals surface area contributed by atoms with Crippen LogP contribution >= 0.6 is 0 Å². The van der Waals surface area contributed by atoms with Crippen LogP contribution in [0, 0.1) is 20.8 Å². The average molecular weight is 258 g/mol. The number of carbonyl (C=O) groups is 1. The molecule has 0 aliphatic carbocycles. The molecule has 1 aromatic carbocycles. The molecular weight excluding hydrogens is 240 g/mol. The molecule has 0 saturated carbocycles. The van der Waals surface area contributed by atoms with E-state index in [2.05, 4.69) is 12.0 Å². The highest BCUT2D eigenvalue weighted by atomic mass is 16.4. The monoisotopic (exact) mass is 258 g/mol. The van der Waals surface area contributed by atoms with Crippen LogP contribution in [0.2, 0.25) is 0 Å². The number of benzene rings is 1. The third-order valence-electron chi connectivity index (χ3n) is 3.47. The van der Waals surface area contributed by atoms with E-state index in [1.54, 1.807) is 16.8 Å². The van der Waals surface area contributed by atoms with Crippen LogP contribution in [0.4, 0.5) is 0 Å². The Kier molecular flexibility index (Phi) is 3.42. The van der Waals surface area contributed by atoms with Crippen molar-refractivity contribution in [3.05, 3.63) is 46.3 Å². The Balaban J connectivity index is 2.75. The lowest BCUT2D eigenvalue weighted by molar-refractivity contribution is 0.0696. The summed E-state index contributed by atoms with van der Waals surface area (Å²) >= 11 is 0. The van der Waals surface area contributed by atoms with Crippen molar-refractivity contribution in [2.75, 3.05) is 0 Å². The van der Waals surface area contributed by atoms with E-state index in [4.69, 9.17) is 0 Å². The van der Waals surface area contributed by atoms with Gasteiger partial charge in [0.15, 0.2) is 0 Å². The minimum atomic E-state index is -0.927. The normalized spacial score (nSPS) is 10.7. The molecule has 4 nitrogen and oxygen atoms in total. The Bertz CT molecular complexity index is 642. The predicted molar refractivity (Wildman–Crippen MR) is 74.1 cm³/mol. The zero-order valence-electron chi connectivity index (χ0n) is 11.7. The summed E-state index contributed by atoms with van der Waals surface area (Å²) in [5.74, 6) is -0.927. The number of hydrogen-bond donors (Lipinski definition) is 1.